The number of nitrogen functional groups attached to an aromatic ring is 2. The SMILES string of the molecule is CCN(C(=O)c1ccc(N)cc1N)c1cccc(O)c1. The van der Waals surface area contributed by atoms with Crippen molar-refractivity contribution in [1.29, 1.82) is 0 Å². The summed E-state index contributed by atoms with van der Waals surface area (Å²) < 4.78 is 0. The van der Waals surface area contributed by atoms with Crippen molar-refractivity contribution in [3.05, 3.63) is 48.0 Å². The average Bonchev–Trinajstić information content (AvgIpc) is 2.39. The van der Waals surface area contributed by atoms with Gasteiger partial charge in [0.1, 0.15) is 5.75 Å². The summed E-state index contributed by atoms with van der Waals surface area (Å²) in [6, 6.07) is 11.3. The fraction of sp³-hybridized carbons (Fsp3) is 0.133. The summed E-state index contributed by atoms with van der Waals surface area (Å²) in [6.07, 6.45) is 0. The van der Waals surface area contributed by atoms with Crippen LogP contribution in [0.1, 0.15) is 17.3 Å². The van der Waals surface area contributed by atoms with E-state index in [1.807, 2.05) is 6.92 Å². The summed E-state index contributed by atoms with van der Waals surface area (Å²) in [5.41, 5.74) is 13.3. The average molecular weight is 271 g/mol. The van der Waals surface area contributed by atoms with Gasteiger partial charge in [0, 0.05) is 29.7 Å². The van der Waals surface area contributed by atoms with E-state index in [9.17, 15) is 9.90 Å². The molecule has 0 unspecified atom stereocenters. The first-order valence-electron chi connectivity index (χ1n) is 6.29. The van der Waals surface area contributed by atoms with Crippen molar-refractivity contribution in [2.75, 3.05) is 22.9 Å². The second kappa shape index (κ2) is 5.52. The Balaban J connectivity index is 2.39. The standard InChI is InChI=1S/C15H17N3O2/c1-2-18(11-4-3-5-12(19)9-11)15(20)13-7-6-10(16)8-14(13)17/h3-9,19H,2,16-17H2,1H3. The Kier molecular flexibility index (Phi) is 3.79. The van der Waals surface area contributed by atoms with E-state index in [0.29, 0.717) is 29.2 Å². The fourth-order valence-corrected chi connectivity index (χ4v) is 2.03. The molecular formula is C15H17N3O2. The van der Waals surface area contributed by atoms with Crippen LogP contribution in [0.25, 0.3) is 0 Å². The summed E-state index contributed by atoms with van der Waals surface area (Å²) in [6.45, 7) is 2.32. The minimum Gasteiger partial charge on any atom is -0.508 e. The van der Waals surface area contributed by atoms with Gasteiger partial charge in [-0.2, -0.15) is 0 Å². The molecule has 0 aliphatic heterocycles. The molecule has 5 N–H and O–H groups in total. The summed E-state index contributed by atoms with van der Waals surface area (Å²) in [4.78, 5) is 14.1. The highest BCUT2D eigenvalue weighted by molar-refractivity contribution is 6.09. The number of phenolic OH excluding ortho intramolecular Hbond substituents is 1. The number of rotatable bonds is 3. The number of hydrogen-bond acceptors (Lipinski definition) is 4. The van der Waals surface area contributed by atoms with Crippen LogP contribution in [-0.4, -0.2) is 17.6 Å². The molecular weight excluding hydrogens is 254 g/mol. The van der Waals surface area contributed by atoms with E-state index < -0.39 is 0 Å². The normalized spacial score (nSPS) is 10.2. The van der Waals surface area contributed by atoms with Crippen LogP contribution in [0, 0.1) is 0 Å². The minimum absolute atomic E-state index is 0.110. The molecule has 0 aliphatic rings. The van der Waals surface area contributed by atoms with Gasteiger partial charge < -0.3 is 21.5 Å². The third-order valence-electron chi connectivity index (χ3n) is 3.01. The van der Waals surface area contributed by atoms with E-state index in [4.69, 9.17) is 11.5 Å². The smallest absolute Gasteiger partial charge is 0.260 e. The summed E-state index contributed by atoms with van der Waals surface area (Å²) in [5, 5.41) is 9.52. The van der Waals surface area contributed by atoms with Gasteiger partial charge in [0.15, 0.2) is 0 Å². The fourth-order valence-electron chi connectivity index (χ4n) is 2.03. The van der Waals surface area contributed by atoms with Crippen molar-refractivity contribution < 1.29 is 9.90 Å². The molecule has 5 heteroatoms. The zero-order valence-corrected chi connectivity index (χ0v) is 11.2. The van der Waals surface area contributed by atoms with E-state index in [2.05, 4.69) is 0 Å². The third kappa shape index (κ3) is 2.66. The van der Waals surface area contributed by atoms with E-state index in [1.54, 1.807) is 41.3 Å². The predicted octanol–water partition coefficient (Wildman–Crippen LogP) is 2.22. The second-order valence-corrected chi connectivity index (χ2v) is 4.42. The topological polar surface area (TPSA) is 92.6 Å². The lowest BCUT2D eigenvalue weighted by atomic mass is 10.1. The summed E-state index contributed by atoms with van der Waals surface area (Å²) in [7, 11) is 0. The number of nitrogens with zero attached hydrogens (tertiary/aromatic N) is 1. The third-order valence-corrected chi connectivity index (χ3v) is 3.01. The largest absolute Gasteiger partial charge is 0.508 e. The van der Waals surface area contributed by atoms with Crippen LogP contribution in [-0.2, 0) is 0 Å². The molecule has 104 valence electrons. The maximum Gasteiger partial charge on any atom is 0.260 e. The number of hydrogen-bond donors (Lipinski definition) is 3. The maximum absolute atomic E-state index is 12.5. The van der Waals surface area contributed by atoms with Crippen molar-refractivity contribution in [3.63, 3.8) is 0 Å². The molecule has 0 aromatic heterocycles. The molecule has 5 nitrogen and oxygen atoms in total. The number of phenols is 1. The Morgan fingerprint density at radius 3 is 2.55 bits per heavy atom. The van der Waals surface area contributed by atoms with Crippen LogP contribution in [0.3, 0.4) is 0 Å². The Hall–Kier alpha value is -2.69. The van der Waals surface area contributed by atoms with Gasteiger partial charge in [-0.25, -0.2) is 0 Å². The highest BCUT2D eigenvalue weighted by atomic mass is 16.3. The van der Waals surface area contributed by atoms with Crippen molar-refractivity contribution >= 4 is 23.0 Å². The number of anilines is 3. The van der Waals surface area contributed by atoms with Gasteiger partial charge in [-0.05, 0) is 37.3 Å². The Morgan fingerprint density at radius 2 is 1.95 bits per heavy atom. The molecule has 20 heavy (non-hydrogen) atoms. The van der Waals surface area contributed by atoms with Crippen molar-refractivity contribution in [3.8, 4) is 5.75 Å². The number of aromatic hydroxyl groups is 1. The highest BCUT2D eigenvalue weighted by Crippen LogP contribution is 2.24. The molecule has 0 saturated heterocycles. The van der Waals surface area contributed by atoms with Gasteiger partial charge in [0.25, 0.3) is 5.91 Å². The van der Waals surface area contributed by atoms with Crippen LogP contribution in [0.15, 0.2) is 42.5 Å². The van der Waals surface area contributed by atoms with Crippen LogP contribution >= 0.6 is 0 Å². The first-order chi connectivity index (χ1) is 9.52. The molecule has 1 amide bonds. The first kappa shape index (κ1) is 13.7. The first-order valence-corrected chi connectivity index (χ1v) is 6.29. The summed E-state index contributed by atoms with van der Waals surface area (Å²) in [5.74, 6) is -0.116. The zero-order valence-electron chi connectivity index (χ0n) is 11.2. The number of nitrogens with two attached hydrogens (primary N) is 2. The van der Waals surface area contributed by atoms with Gasteiger partial charge >= 0.3 is 0 Å². The Labute approximate surface area is 117 Å². The molecule has 0 bridgehead atoms. The number of amides is 1. The van der Waals surface area contributed by atoms with Gasteiger partial charge in [0.2, 0.25) is 0 Å². The van der Waals surface area contributed by atoms with E-state index in [0.717, 1.165) is 0 Å². The quantitative estimate of drug-likeness (QED) is 0.746. The molecule has 0 aliphatic carbocycles. The molecule has 0 radical (unpaired) electrons. The lowest BCUT2D eigenvalue weighted by Gasteiger charge is -2.22. The number of carbonyl (C=O) groups excluding carboxylic acids is 1. The summed E-state index contributed by atoms with van der Waals surface area (Å²) >= 11 is 0. The van der Waals surface area contributed by atoms with Gasteiger partial charge in [-0.3, -0.25) is 4.79 Å². The lowest BCUT2D eigenvalue weighted by molar-refractivity contribution is 0.0989. The molecule has 0 spiro atoms. The highest BCUT2D eigenvalue weighted by Gasteiger charge is 2.18. The van der Waals surface area contributed by atoms with Crippen LogP contribution in [0.5, 0.6) is 5.75 Å². The molecule has 0 heterocycles. The van der Waals surface area contributed by atoms with Crippen molar-refractivity contribution in [1.82, 2.24) is 0 Å². The molecule has 0 fully saturated rings. The van der Waals surface area contributed by atoms with Gasteiger partial charge in [0.05, 0.1) is 5.56 Å². The van der Waals surface area contributed by atoms with E-state index in [1.165, 1.54) is 6.07 Å². The molecule has 2 rings (SSSR count). The number of carbonyl (C=O) groups is 1. The van der Waals surface area contributed by atoms with Crippen LogP contribution in [0.2, 0.25) is 0 Å². The van der Waals surface area contributed by atoms with Gasteiger partial charge in [-0.1, -0.05) is 6.07 Å². The molecule has 0 saturated carbocycles. The van der Waals surface area contributed by atoms with Crippen molar-refractivity contribution in [2.45, 2.75) is 6.92 Å². The van der Waals surface area contributed by atoms with Crippen LogP contribution < -0.4 is 16.4 Å². The monoisotopic (exact) mass is 271 g/mol. The predicted molar refractivity (Wildman–Crippen MR) is 80.7 cm³/mol. The molecule has 2 aromatic rings. The second-order valence-electron chi connectivity index (χ2n) is 4.42. The zero-order chi connectivity index (χ0) is 14.7. The minimum atomic E-state index is -0.226. The van der Waals surface area contributed by atoms with Crippen LogP contribution in [0.4, 0.5) is 17.1 Å². The number of benzene rings is 2. The van der Waals surface area contributed by atoms with E-state index in [-0.39, 0.29) is 11.7 Å². The van der Waals surface area contributed by atoms with Gasteiger partial charge in [-0.15, -0.1) is 0 Å². The Bertz CT molecular complexity index is 641. The molecule has 2 aromatic carbocycles. The van der Waals surface area contributed by atoms with E-state index >= 15 is 0 Å². The molecule has 0 atom stereocenters. The Morgan fingerprint density at radius 1 is 1.20 bits per heavy atom. The lowest BCUT2D eigenvalue weighted by Crippen LogP contribution is -2.31. The van der Waals surface area contributed by atoms with Crippen molar-refractivity contribution in [2.24, 2.45) is 0 Å². The maximum atomic E-state index is 12.5.